The second-order valence-electron chi connectivity index (χ2n) is 7.45. The molecule has 9 heteroatoms. The molecule has 32 heavy (non-hydrogen) atoms. The van der Waals surface area contributed by atoms with Gasteiger partial charge in [0.25, 0.3) is 0 Å². The summed E-state index contributed by atoms with van der Waals surface area (Å²) < 4.78 is 26.8. The van der Waals surface area contributed by atoms with E-state index in [-0.39, 0.29) is 17.2 Å². The van der Waals surface area contributed by atoms with Crippen LogP contribution in [0.5, 0.6) is 0 Å². The Morgan fingerprint density at radius 2 is 1.75 bits per heavy atom. The number of hydrogen-bond acceptors (Lipinski definition) is 6. The zero-order valence-corrected chi connectivity index (χ0v) is 19.1. The van der Waals surface area contributed by atoms with Crippen LogP contribution in [0.4, 0.5) is 17.3 Å². The minimum absolute atomic E-state index is 0.0227. The molecule has 4 rings (SSSR count). The summed E-state index contributed by atoms with van der Waals surface area (Å²) in [6.45, 7) is 4.47. The number of fused-ring (bicyclic) bond motifs is 3. The second kappa shape index (κ2) is 8.68. The maximum Gasteiger partial charge on any atom is 0.243 e. The van der Waals surface area contributed by atoms with Crippen molar-refractivity contribution in [3.63, 3.8) is 0 Å². The molecule has 0 unspecified atom stereocenters. The third-order valence-corrected chi connectivity index (χ3v) is 7.62. The van der Waals surface area contributed by atoms with E-state index in [0.717, 1.165) is 16.8 Å². The van der Waals surface area contributed by atoms with Crippen molar-refractivity contribution in [1.82, 2.24) is 14.3 Å². The topological polar surface area (TPSA) is 95.5 Å². The van der Waals surface area contributed by atoms with Gasteiger partial charge in [-0.3, -0.25) is 4.79 Å². The van der Waals surface area contributed by atoms with Gasteiger partial charge < -0.3 is 10.2 Å². The molecular formula is C23H25N5O3S. The fourth-order valence-electron chi connectivity index (χ4n) is 3.76. The first kappa shape index (κ1) is 21.9. The Hall–Kier alpha value is -3.30. The number of likely N-dealkylation sites (N-methyl/N-ethyl adjacent to an activating group) is 1. The number of aromatic nitrogens is 2. The highest BCUT2D eigenvalue weighted by Gasteiger charge is 2.25. The Labute approximate surface area is 188 Å². The van der Waals surface area contributed by atoms with Crippen LogP contribution in [-0.4, -0.2) is 48.7 Å². The largest absolute Gasteiger partial charge is 0.324 e. The van der Waals surface area contributed by atoms with E-state index in [1.165, 1.54) is 4.31 Å². The zero-order chi connectivity index (χ0) is 22.9. The predicted octanol–water partition coefficient (Wildman–Crippen LogP) is 3.44. The van der Waals surface area contributed by atoms with E-state index in [0.29, 0.717) is 30.4 Å². The Morgan fingerprint density at radius 1 is 1.06 bits per heavy atom. The average molecular weight is 452 g/mol. The smallest absolute Gasteiger partial charge is 0.243 e. The highest BCUT2D eigenvalue weighted by atomic mass is 32.2. The summed E-state index contributed by atoms with van der Waals surface area (Å²) >= 11 is 0. The number of anilines is 3. The number of nitrogens with zero attached hydrogens (tertiary/aromatic N) is 4. The summed E-state index contributed by atoms with van der Waals surface area (Å²) in [5.74, 6) is 0.348. The summed E-state index contributed by atoms with van der Waals surface area (Å²) in [4.78, 5) is 23.4. The number of carbonyl (C=O) groups excluding carboxylic acids is 1. The van der Waals surface area contributed by atoms with E-state index in [2.05, 4.69) is 15.3 Å². The van der Waals surface area contributed by atoms with Gasteiger partial charge in [0.15, 0.2) is 0 Å². The standard InChI is InChI=1S/C23H25N5O3S/c1-4-28(5-2)32(30,31)18-12-10-17(11-13-18)25-23-24-15-16-14-21(29)27(3)20-9-7-6-8-19(20)22(16)26-23/h6-13,15H,4-5,14H2,1-3H3,(H,24,25,26). The van der Waals surface area contributed by atoms with Gasteiger partial charge in [-0.25, -0.2) is 18.4 Å². The molecule has 0 saturated heterocycles. The number of rotatable bonds is 6. The summed E-state index contributed by atoms with van der Waals surface area (Å²) in [5, 5.41) is 3.13. The Balaban J connectivity index is 1.64. The lowest BCUT2D eigenvalue weighted by Gasteiger charge is -2.18. The average Bonchev–Trinajstić information content (AvgIpc) is 2.90. The van der Waals surface area contributed by atoms with Gasteiger partial charge in [-0.2, -0.15) is 4.31 Å². The molecule has 0 bridgehead atoms. The van der Waals surface area contributed by atoms with Crippen molar-refractivity contribution in [2.24, 2.45) is 0 Å². The van der Waals surface area contributed by atoms with E-state index in [9.17, 15) is 13.2 Å². The van der Waals surface area contributed by atoms with Crippen LogP contribution >= 0.6 is 0 Å². The maximum atomic E-state index is 12.7. The molecule has 2 heterocycles. The van der Waals surface area contributed by atoms with Crippen molar-refractivity contribution >= 4 is 33.3 Å². The fourth-order valence-corrected chi connectivity index (χ4v) is 5.22. The van der Waals surface area contributed by atoms with Crippen LogP contribution in [0.3, 0.4) is 0 Å². The number of sulfonamides is 1. The summed E-state index contributed by atoms with van der Waals surface area (Å²) in [5.41, 5.74) is 3.79. The van der Waals surface area contributed by atoms with Gasteiger partial charge in [-0.15, -0.1) is 0 Å². The first-order chi connectivity index (χ1) is 15.3. The summed E-state index contributed by atoms with van der Waals surface area (Å²) in [7, 11) is -1.76. The van der Waals surface area contributed by atoms with Crippen molar-refractivity contribution in [3.8, 4) is 11.3 Å². The molecule has 1 aliphatic rings. The molecule has 0 radical (unpaired) electrons. The molecule has 3 aromatic rings. The van der Waals surface area contributed by atoms with Crippen molar-refractivity contribution in [2.75, 3.05) is 30.4 Å². The van der Waals surface area contributed by atoms with Crippen LogP contribution in [0.1, 0.15) is 19.4 Å². The zero-order valence-electron chi connectivity index (χ0n) is 18.2. The highest BCUT2D eigenvalue weighted by molar-refractivity contribution is 7.89. The van der Waals surface area contributed by atoms with E-state index < -0.39 is 10.0 Å². The molecule has 1 amide bonds. The molecule has 0 fully saturated rings. The molecule has 8 nitrogen and oxygen atoms in total. The normalized spacial score (nSPS) is 13.5. The number of para-hydroxylation sites is 1. The van der Waals surface area contributed by atoms with Crippen LogP contribution in [0.25, 0.3) is 11.3 Å². The summed E-state index contributed by atoms with van der Waals surface area (Å²) in [6, 6.07) is 14.2. The van der Waals surface area contributed by atoms with Gasteiger partial charge in [0.2, 0.25) is 21.9 Å². The Kier molecular flexibility index (Phi) is 5.94. The molecule has 166 valence electrons. The second-order valence-corrected chi connectivity index (χ2v) is 9.39. The number of amides is 1. The molecular weight excluding hydrogens is 426 g/mol. The molecule has 1 aromatic heterocycles. The molecule has 0 spiro atoms. The van der Waals surface area contributed by atoms with Gasteiger partial charge in [0.1, 0.15) is 0 Å². The quantitative estimate of drug-likeness (QED) is 0.617. The number of nitrogens with one attached hydrogen (secondary N) is 1. The fraction of sp³-hybridized carbons (Fsp3) is 0.261. The SMILES string of the molecule is CCN(CC)S(=O)(=O)c1ccc(Nc2ncc3c(n2)-c2ccccc2N(C)C(=O)C3)cc1. The first-order valence-electron chi connectivity index (χ1n) is 10.4. The van der Waals surface area contributed by atoms with Crippen LogP contribution in [-0.2, 0) is 21.2 Å². The highest BCUT2D eigenvalue weighted by Crippen LogP contribution is 2.35. The molecule has 0 aliphatic carbocycles. The van der Waals surface area contributed by atoms with Crippen molar-refractivity contribution < 1.29 is 13.2 Å². The van der Waals surface area contributed by atoms with Crippen molar-refractivity contribution in [1.29, 1.82) is 0 Å². The van der Waals surface area contributed by atoms with E-state index in [4.69, 9.17) is 0 Å². The lowest BCUT2D eigenvalue weighted by atomic mass is 10.1. The van der Waals surface area contributed by atoms with Crippen LogP contribution in [0.2, 0.25) is 0 Å². The molecule has 1 N–H and O–H groups in total. The van der Waals surface area contributed by atoms with E-state index in [1.54, 1.807) is 42.4 Å². The van der Waals surface area contributed by atoms with E-state index in [1.807, 2.05) is 38.1 Å². The lowest BCUT2D eigenvalue weighted by Crippen LogP contribution is -2.30. The molecule has 2 aromatic carbocycles. The van der Waals surface area contributed by atoms with Gasteiger partial charge in [0.05, 0.1) is 22.7 Å². The van der Waals surface area contributed by atoms with Gasteiger partial charge in [-0.1, -0.05) is 32.0 Å². The summed E-state index contributed by atoms with van der Waals surface area (Å²) in [6.07, 6.45) is 1.89. The Morgan fingerprint density at radius 3 is 2.44 bits per heavy atom. The van der Waals surface area contributed by atoms with Crippen molar-refractivity contribution in [3.05, 3.63) is 60.3 Å². The lowest BCUT2D eigenvalue weighted by molar-refractivity contribution is -0.117. The molecule has 0 atom stereocenters. The number of hydrogen-bond donors (Lipinski definition) is 1. The third kappa shape index (κ3) is 3.96. The minimum atomic E-state index is -3.51. The van der Waals surface area contributed by atoms with Gasteiger partial charge in [-0.05, 0) is 30.3 Å². The monoisotopic (exact) mass is 451 g/mol. The molecule has 0 saturated carbocycles. The van der Waals surface area contributed by atoms with Crippen LogP contribution in [0, 0.1) is 0 Å². The third-order valence-electron chi connectivity index (χ3n) is 5.55. The predicted molar refractivity (Wildman–Crippen MR) is 124 cm³/mol. The van der Waals surface area contributed by atoms with Crippen LogP contribution < -0.4 is 10.2 Å². The number of benzene rings is 2. The van der Waals surface area contributed by atoms with E-state index >= 15 is 0 Å². The minimum Gasteiger partial charge on any atom is -0.324 e. The van der Waals surface area contributed by atoms with Gasteiger partial charge in [0, 0.05) is 43.1 Å². The molecule has 1 aliphatic heterocycles. The Bertz CT molecular complexity index is 1250. The first-order valence-corrected chi connectivity index (χ1v) is 11.9. The maximum absolute atomic E-state index is 12.7. The van der Waals surface area contributed by atoms with Gasteiger partial charge >= 0.3 is 0 Å². The van der Waals surface area contributed by atoms with Crippen LogP contribution in [0.15, 0.2) is 59.6 Å². The number of carbonyl (C=O) groups is 1. The van der Waals surface area contributed by atoms with Crippen molar-refractivity contribution in [2.45, 2.75) is 25.2 Å².